The van der Waals surface area contributed by atoms with Gasteiger partial charge in [0.15, 0.2) is 5.69 Å². The molecule has 1 amide bonds. The number of ether oxygens (including phenoxy) is 1. The van der Waals surface area contributed by atoms with E-state index in [-0.39, 0.29) is 11.6 Å². The topological polar surface area (TPSA) is 76.1 Å². The van der Waals surface area contributed by atoms with Crippen LogP contribution in [0.25, 0.3) is 0 Å². The van der Waals surface area contributed by atoms with E-state index < -0.39 is 0 Å². The van der Waals surface area contributed by atoms with Gasteiger partial charge in [-0.25, -0.2) is 0 Å². The highest BCUT2D eigenvalue weighted by atomic mass is 16.5. The van der Waals surface area contributed by atoms with Crippen LogP contribution < -0.4 is 15.4 Å². The molecule has 0 spiro atoms. The fourth-order valence-electron chi connectivity index (χ4n) is 2.92. The molecule has 0 saturated carbocycles. The van der Waals surface area contributed by atoms with Gasteiger partial charge >= 0.3 is 0 Å². The van der Waals surface area contributed by atoms with Crippen molar-refractivity contribution in [1.82, 2.24) is 10.2 Å². The van der Waals surface area contributed by atoms with Gasteiger partial charge in [-0.3, -0.25) is 4.79 Å². The number of hydrogen-bond donors (Lipinski definition) is 2. The summed E-state index contributed by atoms with van der Waals surface area (Å²) in [6, 6.07) is 17.3. The van der Waals surface area contributed by atoms with E-state index in [1.165, 1.54) is 5.56 Å². The van der Waals surface area contributed by atoms with Crippen molar-refractivity contribution in [3.8, 4) is 5.75 Å². The summed E-state index contributed by atoms with van der Waals surface area (Å²) < 4.78 is 5.16. The zero-order valence-corrected chi connectivity index (χ0v) is 16.3. The normalized spacial score (nSPS) is 10.4. The van der Waals surface area contributed by atoms with E-state index in [0.717, 1.165) is 35.5 Å². The molecule has 6 nitrogen and oxygen atoms in total. The van der Waals surface area contributed by atoms with E-state index in [4.69, 9.17) is 4.74 Å². The molecule has 1 aromatic heterocycles. The summed E-state index contributed by atoms with van der Waals surface area (Å²) >= 11 is 0. The molecular weight excluding hydrogens is 352 g/mol. The largest absolute Gasteiger partial charge is 0.497 e. The number of nitrogens with zero attached hydrogens (tertiary/aromatic N) is 2. The van der Waals surface area contributed by atoms with Gasteiger partial charge in [-0.2, -0.15) is 0 Å². The molecule has 2 N–H and O–H groups in total. The summed E-state index contributed by atoms with van der Waals surface area (Å²) in [4.78, 5) is 12.4. The summed E-state index contributed by atoms with van der Waals surface area (Å²) in [5.74, 6) is 1.20. The fourth-order valence-corrected chi connectivity index (χ4v) is 2.92. The summed E-state index contributed by atoms with van der Waals surface area (Å²) in [7, 11) is 1.65. The first-order valence-corrected chi connectivity index (χ1v) is 9.13. The van der Waals surface area contributed by atoms with Crippen LogP contribution in [0.5, 0.6) is 5.75 Å². The van der Waals surface area contributed by atoms with E-state index in [2.05, 4.69) is 26.9 Å². The van der Waals surface area contributed by atoms with Crippen molar-refractivity contribution in [2.75, 3.05) is 24.3 Å². The van der Waals surface area contributed by atoms with E-state index in [9.17, 15) is 4.79 Å². The Kier molecular flexibility index (Phi) is 6.22. The first-order chi connectivity index (χ1) is 13.5. The van der Waals surface area contributed by atoms with Crippen molar-refractivity contribution in [2.45, 2.75) is 20.3 Å². The van der Waals surface area contributed by atoms with Gasteiger partial charge in [-0.15, -0.1) is 10.2 Å². The lowest BCUT2D eigenvalue weighted by atomic mass is 10.1. The van der Waals surface area contributed by atoms with Crippen LogP contribution in [-0.4, -0.2) is 29.8 Å². The van der Waals surface area contributed by atoms with Gasteiger partial charge in [0.05, 0.1) is 7.11 Å². The van der Waals surface area contributed by atoms with Crippen molar-refractivity contribution >= 4 is 17.4 Å². The Bertz CT molecular complexity index is 918. The van der Waals surface area contributed by atoms with Crippen LogP contribution in [0.2, 0.25) is 0 Å². The minimum atomic E-state index is -0.276. The molecule has 6 heteroatoms. The van der Waals surface area contributed by atoms with E-state index >= 15 is 0 Å². The summed E-state index contributed by atoms with van der Waals surface area (Å²) in [6.45, 7) is 4.71. The van der Waals surface area contributed by atoms with E-state index in [1.54, 1.807) is 19.2 Å². The second-order valence-corrected chi connectivity index (χ2v) is 6.66. The average Bonchev–Trinajstić information content (AvgIpc) is 2.68. The second-order valence-electron chi connectivity index (χ2n) is 6.66. The number of methoxy groups -OCH3 is 1. The van der Waals surface area contributed by atoms with Crippen molar-refractivity contribution in [1.29, 1.82) is 0 Å². The molecule has 28 heavy (non-hydrogen) atoms. The van der Waals surface area contributed by atoms with Crippen molar-refractivity contribution < 1.29 is 9.53 Å². The molecule has 0 bridgehead atoms. The number of rotatable bonds is 7. The quantitative estimate of drug-likeness (QED) is 0.652. The lowest BCUT2D eigenvalue weighted by Crippen LogP contribution is -2.15. The van der Waals surface area contributed by atoms with E-state index in [0.29, 0.717) is 5.82 Å². The Balaban J connectivity index is 1.53. The number of carbonyl (C=O) groups excluding carboxylic acids is 1. The van der Waals surface area contributed by atoms with Crippen molar-refractivity contribution in [3.05, 3.63) is 77.0 Å². The van der Waals surface area contributed by atoms with E-state index in [1.807, 2.05) is 50.2 Å². The maximum absolute atomic E-state index is 12.4. The lowest BCUT2D eigenvalue weighted by molar-refractivity contribution is 0.102. The zero-order valence-electron chi connectivity index (χ0n) is 16.3. The molecule has 0 atom stereocenters. The van der Waals surface area contributed by atoms with Crippen molar-refractivity contribution in [3.63, 3.8) is 0 Å². The smallest absolute Gasteiger partial charge is 0.276 e. The maximum atomic E-state index is 12.4. The highest BCUT2D eigenvalue weighted by Crippen LogP contribution is 2.15. The summed E-state index contributed by atoms with van der Waals surface area (Å²) in [6.07, 6.45) is 0.848. The van der Waals surface area contributed by atoms with Crippen LogP contribution in [0.1, 0.15) is 27.2 Å². The van der Waals surface area contributed by atoms with Gasteiger partial charge in [0, 0.05) is 12.2 Å². The molecule has 3 aromatic rings. The highest BCUT2D eigenvalue weighted by molar-refractivity contribution is 6.02. The number of benzene rings is 2. The van der Waals surface area contributed by atoms with Crippen LogP contribution in [0, 0.1) is 13.8 Å². The van der Waals surface area contributed by atoms with Gasteiger partial charge in [-0.05, 0) is 73.4 Å². The maximum Gasteiger partial charge on any atom is 0.276 e. The number of aryl methyl sites for hydroxylation is 2. The van der Waals surface area contributed by atoms with Crippen LogP contribution >= 0.6 is 0 Å². The standard InChI is InChI=1S/C22H24N4O2/c1-15-12-16(2)14-18(13-15)24-22(27)20-8-9-21(26-25-20)23-11-10-17-4-6-19(28-3)7-5-17/h4-9,12-14H,10-11H2,1-3H3,(H,23,26)(H,24,27). The van der Waals surface area contributed by atoms with Gasteiger partial charge in [-0.1, -0.05) is 18.2 Å². The van der Waals surface area contributed by atoms with Crippen molar-refractivity contribution in [2.24, 2.45) is 0 Å². The predicted molar refractivity (Wildman–Crippen MR) is 111 cm³/mol. The molecule has 0 aliphatic rings. The third-order valence-corrected chi connectivity index (χ3v) is 4.26. The number of aromatic nitrogens is 2. The molecule has 1 heterocycles. The molecule has 0 saturated heterocycles. The van der Waals surface area contributed by atoms with Gasteiger partial charge in [0.2, 0.25) is 0 Å². The Morgan fingerprint density at radius 1 is 0.964 bits per heavy atom. The van der Waals surface area contributed by atoms with Crippen LogP contribution in [0.15, 0.2) is 54.6 Å². The number of amides is 1. The SMILES string of the molecule is COc1ccc(CCNc2ccc(C(=O)Nc3cc(C)cc(C)c3)nn2)cc1. The predicted octanol–water partition coefficient (Wildman–Crippen LogP) is 4.01. The summed E-state index contributed by atoms with van der Waals surface area (Å²) in [5.41, 5.74) is 4.42. The van der Waals surface area contributed by atoms with Crippen LogP contribution in [-0.2, 0) is 6.42 Å². The third kappa shape index (κ3) is 5.30. The van der Waals surface area contributed by atoms with Gasteiger partial charge in [0.1, 0.15) is 11.6 Å². The molecule has 0 aliphatic heterocycles. The summed E-state index contributed by atoms with van der Waals surface area (Å²) in [5, 5.41) is 14.2. The van der Waals surface area contributed by atoms with Gasteiger partial charge in [0.25, 0.3) is 5.91 Å². The first kappa shape index (κ1) is 19.4. The first-order valence-electron chi connectivity index (χ1n) is 9.13. The molecule has 144 valence electrons. The molecule has 3 rings (SSSR count). The third-order valence-electron chi connectivity index (χ3n) is 4.26. The van der Waals surface area contributed by atoms with Crippen LogP contribution in [0.3, 0.4) is 0 Å². The van der Waals surface area contributed by atoms with Crippen LogP contribution in [0.4, 0.5) is 11.5 Å². The average molecular weight is 376 g/mol. The Morgan fingerprint density at radius 3 is 2.29 bits per heavy atom. The zero-order chi connectivity index (χ0) is 19.9. The van der Waals surface area contributed by atoms with Gasteiger partial charge < -0.3 is 15.4 Å². The molecule has 0 aliphatic carbocycles. The minimum Gasteiger partial charge on any atom is -0.497 e. The number of anilines is 2. The number of carbonyl (C=O) groups is 1. The molecule has 0 unspecified atom stereocenters. The lowest BCUT2D eigenvalue weighted by Gasteiger charge is -2.08. The number of hydrogen-bond acceptors (Lipinski definition) is 5. The second kappa shape index (κ2) is 8.99. The molecule has 0 fully saturated rings. The Morgan fingerprint density at radius 2 is 1.68 bits per heavy atom. The molecular formula is C22H24N4O2. The molecule has 2 aromatic carbocycles. The fraction of sp³-hybridized carbons (Fsp3) is 0.227. The molecule has 0 radical (unpaired) electrons. The Labute approximate surface area is 165 Å². The number of nitrogens with one attached hydrogen (secondary N) is 2. The Hall–Kier alpha value is -3.41. The highest BCUT2D eigenvalue weighted by Gasteiger charge is 2.09. The minimum absolute atomic E-state index is 0.276. The monoisotopic (exact) mass is 376 g/mol.